The Morgan fingerprint density at radius 3 is 2.48 bits per heavy atom. The number of halogens is 2. The lowest BCUT2D eigenvalue weighted by Gasteiger charge is -2.33. The number of amides is 1. The van der Waals surface area contributed by atoms with Crippen molar-refractivity contribution in [3.63, 3.8) is 0 Å². The lowest BCUT2D eigenvalue weighted by atomic mass is 9.85. The van der Waals surface area contributed by atoms with Crippen LogP contribution in [-0.2, 0) is 4.79 Å². The van der Waals surface area contributed by atoms with Crippen molar-refractivity contribution < 1.29 is 4.79 Å². The van der Waals surface area contributed by atoms with E-state index < -0.39 is 0 Å². The molecule has 1 aliphatic carbocycles. The maximum absolute atomic E-state index is 12.2. The van der Waals surface area contributed by atoms with Crippen LogP contribution in [0.2, 0.25) is 0 Å². The van der Waals surface area contributed by atoms with E-state index in [-0.39, 0.29) is 42.7 Å². The molecular weight excluding hydrogens is 309 g/mol. The topological polar surface area (TPSA) is 58.4 Å². The van der Waals surface area contributed by atoms with Crippen molar-refractivity contribution in [2.75, 3.05) is 19.6 Å². The van der Waals surface area contributed by atoms with Gasteiger partial charge < -0.3 is 11.1 Å². The molecule has 2 rings (SSSR count). The molecule has 0 aromatic heterocycles. The normalized spacial score (nSPS) is 27.1. The van der Waals surface area contributed by atoms with Crippen LogP contribution >= 0.6 is 24.8 Å². The summed E-state index contributed by atoms with van der Waals surface area (Å²) < 4.78 is 0. The summed E-state index contributed by atoms with van der Waals surface area (Å²) >= 11 is 0. The van der Waals surface area contributed by atoms with Crippen LogP contribution in [-0.4, -0.2) is 42.5 Å². The molecule has 4 nitrogen and oxygen atoms in total. The van der Waals surface area contributed by atoms with Crippen LogP contribution in [0.5, 0.6) is 0 Å². The van der Waals surface area contributed by atoms with E-state index in [1.165, 1.54) is 0 Å². The number of hydrogen-bond donors (Lipinski definition) is 2. The summed E-state index contributed by atoms with van der Waals surface area (Å²) in [7, 11) is 0. The van der Waals surface area contributed by atoms with Gasteiger partial charge in [0.05, 0.1) is 0 Å². The summed E-state index contributed by atoms with van der Waals surface area (Å²) in [5.74, 6) is 0.382. The van der Waals surface area contributed by atoms with E-state index in [0.717, 1.165) is 58.2 Å². The van der Waals surface area contributed by atoms with Gasteiger partial charge in [-0.15, -0.1) is 31.4 Å². The molecule has 0 radical (unpaired) electrons. The molecule has 1 saturated heterocycles. The van der Waals surface area contributed by atoms with Crippen LogP contribution in [0.15, 0.2) is 12.7 Å². The number of nitrogens with two attached hydrogens (primary N) is 1. The standard InChI is InChI=1S/C15H27N3O.2ClH/c1-2-8-18-9-6-14(7-10-18)17-15(19)12-4-3-5-13(16)11-12;;/h2,12-14H,1,3-11,16H2,(H,17,19);2*1H. The first kappa shape index (κ1) is 20.7. The van der Waals surface area contributed by atoms with Crippen molar-refractivity contribution in [1.29, 1.82) is 0 Å². The molecular formula is C15H29Cl2N3O. The minimum atomic E-state index is 0. The smallest absolute Gasteiger partial charge is 0.223 e. The first-order valence-corrected chi connectivity index (χ1v) is 7.58. The number of carbonyl (C=O) groups is 1. The maximum atomic E-state index is 12.2. The first-order chi connectivity index (χ1) is 9.19. The Balaban J connectivity index is 0.00000200. The highest BCUT2D eigenvalue weighted by molar-refractivity contribution is 5.85. The van der Waals surface area contributed by atoms with Crippen molar-refractivity contribution in [3.05, 3.63) is 12.7 Å². The Hall–Kier alpha value is -0.290. The third kappa shape index (κ3) is 6.55. The minimum absolute atomic E-state index is 0. The molecule has 0 aromatic carbocycles. The monoisotopic (exact) mass is 337 g/mol. The van der Waals surface area contributed by atoms with E-state index >= 15 is 0 Å². The van der Waals surface area contributed by atoms with Gasteiger partial charge in [-0.25, -0.2) is 0 Å². The highest BCUT2D eigenvalue weighted by atomic mass is 35.5. The number of rotatable bonds is 4. The van der Waals surface area contributed by atoms with E-state index in [1.807, 2.05) is 6.08 Å². The van der Waals surface area contributed by atoms with Crippen molar-refractivity contribution in [3.8, 4) is 0 Å². The van der Waals surface area contributed by atoms with Gasteiger partial charge in [-0.1, -0.05) is 12.5 Å². The molecule has 2 fully saturated rings. The van der Waals surface area contributed by atoms with Crippen LogP contribution in [0.1, 0.15) is 38.5 Å². The summed E-state index contributed by atoms with van der Waals surface area (Å²) in [5, 5.41) is 3.22. The van der Waals surface area contributed by atoms with Gasteiger partial charge in [-0.2, -0.15) is 0 Å². The number of piperidine rings is 1. The zero-order valence-electron chi connectivity index (χ0n) is 12.6. The number of hydrogen-bond acceptors (Lipinski definition) is 3. The van der Waals surface area contributed by atoms with Crippen LogP contribution in [0.4, 0.5) is 0 Å². The summed E-state index contributed by atoms with van der Waals surface area (Å²) in [5.41, 5.74) is 5.95. The molecule has 1 heterocycles. The number of likely N-dealkylation sites (tertiary alicyclic amines) is 1. The molecule has 124 valence electrons. The average Bonchev–Trinajstić information content (AvgIpc) is 2.41. The summed E-state index contributed by atoms with van der Waals surface area (Å²) in [6.07, 6.45) is 8.09. The van der Waals surface area contributed by atoms with E-state index in [1.54, 1.807) is 0 Å². The number of nitrogens with one attached hydrogen (secondary N) is 1. The second-order valence-electron chi connectivity index (χ2n) is 6.00. The fraction of sp³-hybridized carbons (Fsp3) is 0.800. The molecule has 2 aliphatic rings. The SMILES string of the molecule is C=CCN1CCC(NC(=O)C2CCCC(N)C2)CC1.Cl.Cl. The molecule has 3 N–H and O–H groups in total. The van der Waals surface area contributed by atoms with Crippen molar-refractivity contribution in [2.24, 2.45) is 11.7 Å². The molecule has 6 heteroatoms. The van der Waals surface area contributed by atoms with Crippen LogP contribution in [0, 0.1) is 5.92 Å². The van der Waals surface area contributed by atoms with Gasteiger partial charge in [0.15, 0.2) is 0 Å². The largest absolute Gasteiger partial charge is 0.353 e. The van der Waals surface area contributed by atoms with Crippen LogP contribution in [0.3, 0.4) is 0 Å². The lowest BCUT2D eigenvalue weighted by molar-refractivity contribution is -0.127. The van der Waals surface area contributed by atoms with Gasteiger partial charge in [0, 0.05) is 37.6 Å². The van der Waals surface area contributed by atoms with E-state index in [2.05, 4.69) is 16.8 Å². The molecule has 0 spiro atoms. The zero-order valence-corrected chi connectivity index (χ0v) is 14.3. The number of carbonyl (C=O) groups excluding carboxylic acids is 1. The molecule has 0 aromatic rings. The highest BCUT2D eigenvalue weighted by Crippen LogP contribution is 2.23. The van der Waals surface area contributed by atoms with Gasteiger partial charge in [-0.3, -0.25) is 9.69 Å². The van der Waals surface area contributed by atoms with Gasteiger partial charge in [0.2, 0.25) is 5.91 Å². The highest BCUT2D eigenvalue weighted by Gasteiger charge is 2.27. The Kier molecular flexibility index (Phi) is 10.3. The Morgan fingerprint density at radius 2 is 1.90 bits per heavy atom. The zero-order chi connectivity index (χ0) is 13.7. The predicted molar refractivity (Wildman–Crippen MR) is 92.2 cm³/mol. The molecule has 21 heavy (non-hydrogen) atoms. The first-order valence-electron chi connectivity index (χ1n) is 7.58. The Labute approximate surface area is 140 Å². The number of nitrogens with zero attached hydrogens (tertiary/aromatic N) is 1. The minimum Gasteiger partial charge on any atom is -0.353 e. The van der Waals surface area contributed by atoms with E-state index in [4.69, 9.17) is 5.73 Å². The third-order valence-electron chi connectivity index (χ3n) is 4.41. The summed E-state index contributed by atoms with van der Waals surface area (Å²) in [6, 6.07) is 0.575. The van der Waals surface area contributed by atoms with Crippen molar-refractivity contribution >= 4 is 30.7 Å². The lowest BCUT2D eigenvalue weighted by Crippen LogP contribution is -2.47. The third-order valence-corrected chi connectivity index (χ3v) is 4.41. The van der Waals surface area contributed by atoms with Gasteiger partial charge in [-0.05, 0) is 32.1 Å². The molecule has 0 bridgehead atoms. The molecule has 1 saturated carbocycles. The summed E-state index contributed by atoms with van der Waals surface area (Å²) in [4.78, 5) is 14.6. The molecule has 1 aliphatic heterocycles. The van der Waals surface area contributed by atoms with Gasteiger partial charge >= 0.3 is 0 Å². The average molecular weight is 338 g/mol. The second kappa shape index (κ2) is 10.4. The van der Waals surface area contributed by atoms with Crippen LogP contribution < -0.4 is 11.1 Å². The Bertz CT molecular complexity index is 320. The van der Waals surface area contributed by atoms with Crippen molar-refractivity contribution in [1.82, 2.24) is 10.2 Å². The van der Waals surface area contributed by atoms with Crippen molar-refractivity contribution in [2.45, 2.75) is 50.6 Å². The van der Waals surface area contributed by atoms with E-state index in [0.29, 0.717) is 6.04 Å². The van der Waals surface area contributed by atoms with Gasteiger partial charge in [0.25, 0.3) is 0 Å². The molecule has 1 amide bonds. The second-order valence-corrected chi connectivity index (χ2v) is 6.00. The maximum Gasteiger partial charge on any atom is 0.223 e. The fourth-order valence-electron chi connectivity index (χ4n) is 3.23. The quantitative estimate of drug-likeness (QED) is 0.772. The fourth-order valence-corrected chi connectivity index (χ4v) is 3.23. The Morgan fingerprint density at radius 1 is 1.24 bits per heavy atom. The predicted octanol–water partition coefficient (Wildman–Crippen LogP) is 2.11. The van der Waals surface area contributed by atoms with E-state index in [9.17, 15) is 4.79 Å². The molecule has 2 atom stereocenters. The van der Waals surface area contributed by atoms with Crippen LogP contribution in [0.25, 0.3) is 0 Å². The van der Waals surface area contributed by atoms with Gasteiger partial charge in [0.1, 0.15) is 0 Å². The molecule has 2 unspecified atom stereocenters. The summed E-state index contributed by atoms with van der Waals surface area (Å²) in [6.45, 7) is 6.84.